The van der Waals surface area contributed by atoms with Crippen LogP contribution in [0.25, 0.3) is 0 Å². The Labute approximate surface area is 157 Å². The molecule has 1 aliphatic carbocycles. The minimum Gasteiger partial charge on any atom is -0.507 e. The van der Waals surface area contributed by atoms with Crippen molar-refractivity contribution in [3.63, 3.8) is 0 Å². The second kappa shape index (κ2) is 6.20. The van der Waals surface area contributed by atoms with Gasteiger partial charge in [-0.3, -0.25) is 19.7 Å². The molecule has 0 saturated carbocycles. The molecule has 0 spiro atoms. The summed E-state index contributed by atoms with van der Waals surface area (Å²) in [6.45, 7) is 0. The van der Waals surface area contributed by atoms with Crippen LogP contribution in [0.2, 0.25) is 0 Å². The molecule has 0 aliphatic heterocycles. The predicted octanol–water partition coefficient (Wildman–Crippen LogP) is 3.53. The third kappa shape index (κ3) is 2.47. The third-order valence-corrected chi connectivity index (χ3v) is 4.48. The van der Waals surface area contributed by atoms with Crippen molar-refractivity contribution in [1.82, 2.24) is 0 Å². The van der Waals surface area contributed by atoms with Gasteiger partial charge < -0.3 is 15.5 Å². The van der Waals surface area contributed by atoms with Crippen LogP contribution >= 0.6 is 0 Å². The maximum atomic E-state index is 13.2. The fourth-order valence-corrected chi connectivity index (χ4v) is 3.31. The molecule has 3 N–H and O–H groups in total. The van der Waals surface area contributed by atoms with Crippen molar-refractivity contribution in [3.8, 4) is 11.5 Å². The molecule has 0 fully saturated rings. The first-order chi connectivity index (χ1) is 13.4. The van der Waals surface area contributed by atoms with E-state index in [1.165, 1.54) is 6.07 Å². The van der Waals surface area contributed by atoms with E-state index in [0.29, 0.717) is 11.8 Å². The summed E-state index contributed by atoms with van der Waals surface area (Å²) in [5.41, 5.74) is -1.14. The third-order valence-electron chi connectivity index (χ3n) is 4.48. The Morgan fingerprint density at radius 2 is 1.54 bits per heavy atom. The van der Waals surface area contributed by atoms with Crippen molar-refractivity contribution >= 4 is 28.6 Å². The predicted molar refractivity (Wildman–Crippen MR) is 99.5 cm³/mol. The molecule has 0 amide bonds. The molecule has 1 aliphatic rings. The number of rotatable bonds is 3. The Morgan fingerprint density at radius 3 is 2.21 bits per heavy atom. The number of nitro benzene ring substituents is 1. The average Bonchev–Trinajstić information content (AvgIpc) is 2.66. The zero-order valence-electron chi connectivity index (χ0n) is 14.2. The number of ketones is 2. The number of phenolic OH excluding ortho intramolecular Hbond substituents is 2. The van der Waals surface area contributed by atoms with Crippen molar-refractivity contribution in [2.24, 2.45) is 0 Å². The number of para-hydroxylation sites is 1. The Balaban J connectivity index is 1.97. The van der Waals surface area contributed by atoms with Gasteiger partial charge in [0.05, 0.1) is 21.7 Å². The lowest BCUT2D eigenvalue weighted by Gasteiger charge is -2.21. The van der Waals surface area contributed by atoms with Crippen molar-refractivity contribution < 1.29 is 24.7 Å². The van der Waals surface area contributed by atoms with Gasteiger partial charge in [-0.15, -0.1) is 0 Å². The number of benzene rings is 3. The lowest BCUT2D eigenvalue weighted by molar-refractivity contribution is -0.386. The number of phenols is 2. The highest BCUT2D eigenvalue weighted by atomic mass is 16.6. The Morgan fingerprint density at radius 1 is 0.821 bits per heavy atom. The summed E-state index contributed by atoms with van der Waals surface area (Å²) in [6.07, 6.45) is 0. The number of carbonyl (C=O) groups is 2. The molecule has 0 unspecified atom stereocenters. The van der Waals surface area contributed by atoms with E-state index in [4.69, 9.17) is 0 Å². The molecule has 3 aromatic rings. The zero-order valence-corrected chi connectivity index (χ0v) is 14.2. The highest BCUT2D eigenvalue weighted by Gasteiger charge is 2.41. The number of hydrogen-bond donors (Lipinski definition) is 3. The Hall–Kier alpha value is -4.20. The van der Waals surface area contributed by atoms with E-state index in [1.54, 1.807) is 36.4 Å². The molecule has 0 radical (unpaired) electrons. The fraction of sp³-hybridized carbons (Fsp3) is 0. The molecule has 0 heterocycles. The van der Waals surface area contributed by atoms with Crippen LogP contribution in [0.3, 0.4) is 0 Å². The molecule has 4 rings (SSSR count). The van der Waals surface area contributed by atoms with Crippen LogP contribution in [0.5, 0.6) is 11.5 Å². The second-order valence-electron chi connectivity index (χ2n) is 6.15. The molecule has 3 aromatic carbocycles. The minimum absolute atomic E-state index is 0.00807. The largest absolute Gasteiger partial charge is 0.507 e. The van der Waals surface area contributed by atoms with Gasteiger partial charge in [0.15, 0.2) is 11.5 Å². The van der Waals surface area contributed by atoms with Crippen LogP contribution in [0, 0.1) is 10.1 Å². The second-order valence-corrected chi connectivity index (χ2v) is 6.15. The van der Waals surface area contributed by atoms with Gasteiger partial charge in [0.1, 0.15) is 11.3 Å². The van der Waals surface area contributed by atoms with Crippen LogP contribution in [0.4, 0.5) is 17.1 Å². The van der Waals surface area contributed by atoms with E-state index in [2.05, 4.69) is 5.32 Å². The van der Waals surface area contributed by atoms with Gasteiger partial charge in [0, 0.05) is 17.3 Å². The quantitative estimate of drug-likeness (QED) is 0.368. The van der Waals surface area contributed by atoms with Crippen molar-refractivity contribution in [2.45, 2.75) is 0 Å². The summed E-state index contributed by atoms with van der Waals surface area (Å²) in [5.74, 6) is -3.15. The lowest BCUT2D eigenvalue weighted by atomic mass is 9.81. The van der Waals surface area contributed by atoms with Crippen LogP contribution in [0.15, 0.2) is 54.6 Å². The monoisotopic (exact) mass is 376 g/mol. The van der Waals surface area contributed by atoms with E-state index >= 15 is 0 Å². The van der Waals surface area contributed by atoms with Gasteiger partial charge in [-0.05, 0) is 18.2 Å². The van der Waals surface area contributed by atoms with E-state index in [0.717, 1.165) is 0 Å². The minimum atomic E-state index is -0.947. The molecule has 0 saturated heterocycles. The zero-order chi connectivity index (χ0) is 20.0. The normalized spacial score (nSPS) is 12.3. The highest BCUT2D eigenvalue weighted by Crippen LogP contribution is 2.44. The number of aromatic hydroxyl groups is 2. The topological polar surface area (TPSA) is 130 Å². The van der Waals surface area contributed by atoms with E-state index < -0.39 is 44.8 Å². The van der Waals surface area contributed by atoms with Crippen LogP contribution in [-0.4, -0.2) is 26.7 Å². The van der Waals surface area contributed by atoms with E-state index in [9.17, 15) is 29.9 Å². The van der Waals surface area contributed by atoms with E-state index in [1.807, 2.05) is 6.07 Å². The number of nitrogens with one attached hydrogen (secondary N) is 1. The molecule has 8 heteroatoms. The number of nitro groups is 1. The molecular formula is C20H12N2O6. The van der Waals surface area contributed by atoms with Gasteiger partial charge in [-0.25, -0.2) is 0 Å². The SMILES string of the molecule is O=C1c2cccc(Nc3ccccc3)c2C(=O)c2c1c(O)cc(O)c2[N+](=O)[O-]. The molecule has 0 bridgehead atoms. The number of nitrogens with zero attached hydrogens (tertiary/aromatic N) is 1. The van der Waals surface area contributed by atoms with Gasteiger partial charge in [0.25, 0.3) is 0 Å². The highest BCUT2D eigenvalue weighted by molar-refractivity contribution is 6.32. The van der Waals surface area contributed by atoms with Gasteiger partial charge in [-0.1, -0.05) is 30.3 Å². The summed E-state index contributed by atoms with van der Waals surface area (Å²) in [7, 11) is 0. The fourth-order valence-electron chi connectivity index (χ4n) is 3.31. The summed E-state index contributed by atoms with van der Waals surface area (Å²) in [6, 6.07) is 14.1. The van der Waals surface area contributed by atoms with Gasteiger partial charge >= 0.3 is 5.69 Å². The van der Waals surface area contributed by atoms with Crippen LogP contribution in [0.1, 0.15) is 31.8 Å². The maximum Gasteiger partial charge on any atom is 0.322 e. The average molecular weight is 376 g/mol. The molecule has 0 atom stereocenters. The molecule has 138 valence electrons. The van der Waals surface area contributed by atoms with Crippen molar-refractivity contribution in [1.29, 1.82) is 0 Å². The van der Waals surface area contributed by atoms with Crippen LogP contribution < -0.4 is 5.32 Å². The van der Waals surface area contributed by atoms with Crippen LogP contribution in [-0.2, 0) is 0 Å². The van der Waals surface area contributed by atoms with Gasteiger partial charge in [-0.2, -0.15) is 0 Å². The van der Waals surface area contributed by atoms with Gasteiger partial charge in [0.2, 0.25) is 5.78 Å². The molecule has 28 heavy (non-hydrogen) atoms. The summed E-state index contributed by atoms with van der Waals surface area (Å²) < 4.78 is 0. The van der Waals surface area contributed by atoms with Crippen molar-refractivity contribution in [2.75, 3.05) is 5.32 Å². The number of anilines is 2. The lowest BCUT2D eigenvalue weighted by Crippen LogP contribution is -2.23. The summed E-state index contributed by atoms with van der Waals surface area (Å²) >= 11 is 0. The smallest absolute Gasteiger partial charge is 0.322 e. The number of fused-ring (bicyclic) bond motifs is 2. The first-order valence-corrected chi connectivity index (χ1v) is 8.18. The van der Waals surface area contributed by atoms with E-state index in [-0.39, 0.29) is 16.8 Å². The van der Waals surface area contributed by atoms with Crippen molar-refractivity contribution in [3.05, 3.63) is 87.0 Å². The first-order valence-electron chi connectivity index (χ1n) is 8.18. The number of carbonyl (C=O) groups excluding carboxylic acids is 2. The first kappa shape index (κ1) is 17.2. The molecular weight excluding hydrogens is 364 g/mol. The summed E-state index contributed by atoms with van der Waals surface area (Å²) in [5, 5.41) is 34.4. The Bertz CT molecular complexity index is 1170. The Kier molecular flexibility index (Phi) is 3.82. The molecule has 0 aromatic heterocycles. The number of hydrogen-bond acceptors (Lipinski definition) is 7. The standard InChI is InChI=1S/C20H12N2O6/c23-13-9-14(24)18(22(27)28)17-16(13)19(25)11-7-4-8-12(15(11)20(17)26)21-10-5-2-1-3-6-10/h1-9,21,23-24H. The maximum absolute atomic E-state index is 13.2. The molecule has 8 nitrogen and oxygen atoms in total. The summed E-state index contributed by atoms with van der Waals surface area (Å²) in [4.78, 5) is 36.6.